The minimum atomic E-state index is 0.447. The lowest BCUT2D eigenvalue weighted by Crippen LogP contribution is -2.30. The number of nitrogens with two attached hydrogens (primary N) is 1. The van der Waals surface area contributed by atoms with Crippen LogP contribution in [0.25, 0.3) is 0 Å². The summed E-state index contributed by atoms with van der Waals surface area (Å²) in [7, 11) is 2.07. The van der Waals surface area contributed by atoms with Crippen molar-refractivity contribution < 1.29 is 0 Å². The van der Waals surface area contributed by atoms with Gasteiger partial charge in [-0.2, -0.15) is 11.8 Å². The van der Waals surface area contributed by atoms with Gasteiger partial charge in [0.05, 0.1) is 0 Å². The van der Waals surface area contributed by atoms with E-state index in [-0.39, 0.29) is 0 Å². The highest BCUT2D eigenvalue weighted by Gasteiger charge is 2.13. The van der Waals surface area contributed by atoms with E-state index in [0.717, 1.165) is 36.7 Å². The lowest BCUT2D eigenvalue weighted by molar-refractivity contribution is 0.658. The molecule has 0 saturated carbocycles. The maximum Gasteiger partial charge on any atom is 0.145 e. The fraction of sp³-hybridized carbons (Fsp3) is 0.692. The van der Waals surface area contributed by atoms with Crippen LogP contribution in [0.2, 0.25) is 0 Å². The standard InChI is InChI=1S/C13H25N5S/c1-5-6-11-15-12(17-14)9-13(16-11)18(3)10(2)7-8-19-4/h9-10H,5-8,14H2,1-4H3,(H,15,16,17). The summed E-state index contributed by atoms with van der Waals surface area (Å²) in [5.41, 5.74) is 2.62. The van der Waals surface area contributed by atoms with Gasteiger partial charge in [0, 0.05) is 25.6 Å². The van der Waals surface area contributed by atoms with Gasteiger partial charge in [-0.15, -0.1) is 0 Å². The summed E-state index contributed by atoms with van der Waals surface area (Å²) < 4.78 is 0. The van der Waals surface area contributed by atoms with E-state index in [9.17, 15) is 0 Å². The van der Waals surface area contributed by atoms with Crippen molar-refractivity contribution in [1.82, 2.24) is 9.97 Å². The Labute approximate surface area is 120 Å². The monoisotopic (exact) mass is 283 g/mol. The van der Waals surface area contributed by atoms with Gasteiger partial charge in [0.1, 0.15) is 17.5 Å². The second-order valence-electron chi connectivity index (χ2n) is 4.66. The summed E-state index contributed by atoms with van der Waals surface area (Å²) in [4.78, 5) is 11.2. The summed E-state index contributed by atoms with van der Waals surface area (Å²) in [5.74, 6) is 9.08. The number of aryl methyl sites for hydroxylation is 1. The lowest BCUT2D eigenvalue weighted by atomic mass is 10.2. The zero-order valence-electron chi connectivity index (χ0n) is 12.3. The van der Waals surface area contributed by atoms with E-state index < -0.39 is 0 Å². The molecule has 0 saturated heterocycles. The van der Waals surface area contributed by atoms with Crippen LogP contribution in [0.15, 0.2) is 6.07 Å². The number of rotatable bonds is 8. The highest BCUT2D eigenvalue weighted by molar-refractivity contribution is 7.98. The van der Waals surface area contributed by atoms with Crippen LogP contribution >= 0.6 is 11.8 Å². The summed E-state index contributed by atoms with van der Waals surface area (Å²) in [6.07, 6.45) is 5.16. The molecule has 108 valence electrons. The minimum absolute atomic E-state index is 0.447. The van der Waals surface area contributed by atoms with Gasteiger partial charge in [-0.25, -0.2) is 15.8 Å². The van der Waals surface area contributed by atoms with Crippen LogP contribution in [0, 0.1) is 0 Å². The molecular formula is C13H25N5S. The third-order valence-corrected chi connectivity index (χ3v) is 3.79. The van der Waals surface area contributed by atoms with E-state index in [1.807, 2.05) is 17.8 Å². The second-order valence-corrected chi connectivity index (χ2v) is 5.65. The van der Waals surface area contributed by atoms with Gasteiger partial charge < -0.3 is 10.3 Å². The highest BCUT2D eigenvalue weighted by Crippen LogP contribution is 2.19. The molecule has 0 aliphatic carbocycles. The number of aromatic nitrogens is 2. The predicted octanol–water partition coefficient (Wildman–Crippen LogP) is 2.29. The average molecular weight is 283 g/mol. The number of nitrogens with one attached hydrogen (secondary N) is 1. The van der Waals surface area contributed by atoms with Crippen molar-refractivity contribution in [2.45, 2.75) is 39.2 Å². The van der Waals surface area contributed by atoms with Crippen molar-refractivity contribution in [3.8, 4) is 0 Å². The Hall–Kier alpha value is -1.01. The Balaban J connectivity index is 2.87. The summed E-state index contributed by atoms with van der Waals surface area (Å²) in [5, 5.41) is 0. The SMILES string of the molecule is CCCc1nc(NN)cc(N(C)C(C)CCSC)n1. The molecule has 1 aromatic heterocycles. The zero-order valence-corrected chi connectivity index (χ0v) is 13.1. The van der Waals surface area contributed by atoms with E-state index in [1.165, 1.54) is 0 Å². The molecule has 0 amide bonds. The highest BCUT2D eigenvalue weighted by atomic mass is 32.2. The molecule has 0 aliphatic heterocycles. The van der Waals surface area contributed by atoms with Crippen LogP contribution in [0.1, 0.15) is 32.5 Å². The molecule has 0 radical (unpaired) electrons. The van der Waals surface area contributed by atoms with E-state index in [1.54, 1.807) is 0 Å². The topological polar surface area (TPSA) is 67.1 Å². The number of anilines is 2. The smallest absolute Gasteiger partial charge is 0.145 e. The van der Waals surface area contributed by atoms with Crippen molar-refractivity contribution in [2.24, 2.45) is 5.84 Å². The largest absolute Gasteiger partial charge is 0.357 e. The first-order valence-electron chi connectivity index (χ1n) is 6.68. The molecule has 3 N–H and O–H groups in total. The third-order valence-electron chi connectivity index (χ3n) is 3.14. The van der Waals surface area contributed by atoms with Crippen LogP contribution in [0.5, 0.6) is 0 Å². The predicted molar refractivity (Wildman–Crippen MR) is 84.7 cm³/mol. The van der Waals surface area contributed by atoms with Crippen LogP contribution in [0.4, 0.5) is 11.6 Å². The molecule has 0 aliphatic rings. The normalized spacial score (nSPS) is 12.3. The summed E-state index contributed by atoms with van der Waals surface area (Å²) >= 11 is 1.87. The number of nitrogen functional groups attached to an aromatic ring is 1. The maximum absolute atomic E-state index is 5.48. The van der Waals surface area contributed by atoms with Crippen LogP contribution in [-0.2, 0) is 6.42 Å². The molecule has 19 heavy (non-hydrogen) atoms. The molecule has 5 nitrogen and oxygen atoms in total. The van der Waals surface area contributed by atoms with Crippen molar-refractivity contribution in [3.63, 3.8) is 0 Å². The van der Waals surface area contributed by atoms with Gasteiger partial charge >= 0.3 is 0 Å². The first-order chi connectivity index (χ1) is 9.12. The lowest BCUT2D eigenvalue weighted by Gasteiger charge is -2.26. The van der Waals surface area contributed by atoms with Gasteiger partial charge in [-0.1, -0.05) is 6.92 Å². The van der Waals surface area contributed by atoms with Crippen LogP contribution in [-0.4, -0.2) is 35.1 Å². The van der Waals surface area contributed by atoms with Gasteiger partial charge in [-0.05, 0) is 31.8 Å². The van der Waals surface area contributed by atoms with E-state index in [4.69, 9.17) is 5.84 Å². The summed E-state index contributed by atoms with van der Waals surface area (Å²) in [6, 6.07) is 2.34. The Morgan fingerprint density at radius 1 is 1.47 bits per heavy atom. The maximum atomic E-state index is 5.48. The first kappa shape index (κ1) is 16.0. The molecule has 0 spiro atoms. The Kier molecular flexibility index (Phi) is 6.94. The molecular weight excluding hydrogens is 258 g/mol. The van der Waals surface area contributed by atoms with E-state index >= 15 is 0 Å². The number of thioether (sulfide) groups is 1. The molecule has 0 fully saturated rings. The van der Waals surface area contributed by atoms with Crippen molar-refractivity contribution in [2.75, 3.05) is 29.4 Å². The Bertz CT molecular complexity index is 385. The minimum Gasteiger partial charge on any atom is -0.357 e. The van der Waals surface area contributed by atoms with Gasteiger partial charge in [-0.3, -0.25) is 0 Å². The quantitative estimate of drug-likeness (QED) is 0.563. The van der Waals surface area contributed by atoms with Crippen molar-refractivity contribution in [1.29, 1.82) is 0 Å². The van der Waals surface area contributed by atoms with Crippen LogP contribution in [0.3, 0.4) is 0 Å². The van der Waals surface area contributed by atoms with Crippen molar-refractivity contribution >= 4 is 23.4 Å². The fourth-order valence-electron chi connectivity index (χ4n) is 1.78. The second kappa shape index (κ2) is 8.22. The molecule has 0 aromatic carbocycles. The summed E-state index contributed by atoms with van der Waals surface area (Å²) in [6.45, 7) is 4.34. The zero-order chi connectivity index (χ0) is 14.3. The number of nitrogens with zero attached hydrogens (tertiary/aromatic N) is 3. The van der Waals surface area contributed by atoms with Gasteiger partial charge in [0.15, 0.2) is 0 Å². The van der Waals surface area contributed by atoms with Gasteiger partial charge in [0.2, 0.25) is 0 Å². The van der Waals surface area contributed by atoms with Crippen molar-refractivity contribution in [3.05, 3.63) is 11.9 Å². The number of hydrogen-bond donors (Lipinski definition) is 2. The molecule has 1 aromatic rings. The number of hydrogen-bond acceptors (Lipinski definition) is 6. The molecule has 1 unspecified atom stereocenters. The van der Waals surface area contributed by atoms with E-state index in [0.29, 0.717) is 11.9 Å². The fourth-order valence-corrected chi connectivity index (χ4v) is 2.36. The molecule has 1 rings (SSSR count). The van der Waals surface area contributed by atoms with E-state index in [2.05, 4.69) is 47.4 Å². The number of hydrazine groups is 1. The van der Waals surface area contributed by atoms with Gasteiger partial charge in [0.25, 0.3) is 0 Å². The first-order valence-corrected chi connectivity index (χ1v) is 8.08. The molecule has 6 heteroatoms. The third kappa shape index (κ3) is 4.87. The Morgan fingerprint density at radius 2 is 2.21 bits per heavy atom. The Morgan fingerprint density at radius 3 is 2.79 bits per heavy atom. The molecule has 1 atom stereocenters. The van der Waals surface area contributed by atoms with Crippen LogP contribution < -0.4 is 16.2 Å². The molecule has 1 heterocycles. The average Bonchev–Trinajstić information content (AvgIpc) is 2.43. The molecule has 0 bridgehead atoms.